The summed E-state index contributed by atoms with van der Waals surface area (Å²) in [4.78, 5) is 11.7. The van der Waals surface area contributed by atoms with Gasteiger partial charge in [-0.25, -0.2) is 9.97 Å². The summed E-state index contributed by atoms with van der Waals surface area (Å²) in [6, 6.07) is 8.76. The molecule has 1 aromatic carbocycles. The first-order valence-electron chi connectivity index (χ1n) is 8.85. The fraction of sp³-hybridized carbons (Fsp3) is 0.444. The first-order chi connectivity index (χ1) is 12.3. The van der Waals surface area contributed by atoms with Crippen LogP contribution in [0.2, 0.25) is 0 Å². The molecule has 1 aliphatic heterocycles. The van der Waals surface area contributed by atoms with Gasteiger partial charge in [0.05, 0.1) is 28.8 Å². The third-order valence-electron chi connectivity index (χ3n) is 4.82. The third-order valence-corrected chi connectivity index (χ3v) is 5.46. The van der Waals surface area contributed by atoms with Gasteiger partial charge in [0.2, 0.25) is 5.95 Å². The van der Waals surface area contributed by atoms with Crippen LogP contribution >= 0.6 is 11.3 Å². The van der Waals surface area contributed by atoms with Crippen LogP contribution < -0.4 is 11.1 Å². The van der Waals surface area contributed by atoms with Crippen molar-refractivity contribution in [3.05, 3.63) is 40.8 Å². The van der Waals surface area contributed by atoms with Crippen molar-refractivity contribution < 1.29 is 0 Å². The molecule has 1 saturated heterocycles. The molecule has 0 radical (unpaired) electrons. The molecule has 4 rings (SSSR count). The second-order valence-corrected chi connectivity index (χ2v) is 7.26. The summed E-state index contributed by atoms with van der Waals surface area (Å²) in [5, 5.41) is 5.78. The maximum atomic E-state index is 5.67. The molecule has 0 aliphatic carbocycles. The summed E-state index contributed by atoms with van der Waals surface area (Å²) in [6.45, 7) is 4.68. The van der Waals surface area contributed by atoms with E-state index in [-0.39, 0.29) is 0 Å². The van der Waals surface area contributed by atoms with E-state index in [1.54, 1.807) is 11.3 Å². The molecule has 0 saturated carbocycles. The maximum Gasteiger partial charge on any atom is 0.204 e. The minimum Gasteiger partial charge on any atom is -0.353 e. The summed E-state index contributed by atoms with van der Waals surface area (Å²) >= 11 is 1.63. The lowest BCUT2D eigenvalue weighted by atomic mass is 10.1. The van der Waals surface area contributed by atoms with Crippen LogP contribution in [0.4, 0.5) is 5.95 Å². The Labute approximate surface area is 151 Å². The molecule has 1 fully saturated rings. The van der Waals surface area contributed by atoms with Crippen molar-refractivity contribution in [2.75, 3.05) is 31.5 Å². The predicted molar refractivity (Wildman–Crippen MR) is 103 cm³/mol. The molecule has 25 heavy (non-hydrogen) atoms. The highest BCUT2D eigenvalue weighted by molar-refractivity contribution is 7.07. The van der Waals surface area contributed by atoms with Gasteiger partial charge in [-0.1, -0.05) is 12.1 Å². The molecule has 6 nitrogen and oxygen atoms in total. The number of para-hydroxylation sites is 2. The quantitative estimate of drug-likeness (QED) is 0.709. The highest BCUT2D eigenvalue weighted by Gasteiger charge is 2.21. The van der Waals surface area contributed by atoms with Crippen LogP contribution in [0.1, 0.15) is 18.5 Å². The van der Waals surface area contributed by atoms with Gasteiger partial charge >= 0.3 is 0 Å². The van der Waals surface area contributed by atoms with Crippen LogP contribution in [0.5, 0.6) is 0 Å². The van der Waals surface area contributed by atoms with Crippen molar-refractivity contribution in [1.82, 2.24) is 19.4 Å². The molecule has 0 spiro atoms. The number of imidazole rings is 1. The number of anilines is 1. The molecular weight excluding hydrogens is 332 g/mol. The van der Waals surface area contributed by atoms with Crippen LogP contribution in [0.3, 0.4) is 0 Å². The molecule has 0 unspecified atom stereocenters. The number of piperidine rings is 1. The van der Waals surface area contributed by atoms with E-state index in [1.807, 2.05) is 11.6 Å². The average Bonchev–Trinajstić information content (AvgIpc) is 3.26. The number of hydrogen-bond acceptors (Lipinski definition) is 6. The van der Waals surface area contributed by atoms with Gasteiger partial charge < -0.3 is 20.5 Å². The van der Waals surface area contributed by atoms with Crippen molar-refractivity contribution in [1.29, 1.82) is 0 Å². The van der Waals surface area contributed by atoms with Crippen LogP contribution in [0.25, 0.3) is 11.0 Å². The van der Waals surface area contributed by atoms with Gasteiger partial charge in [-0.15, -0.1) is 11.3 Å². The van der Waals surface area contributed by atoms with Crippen LogP contribution in [0, 0.1) is 0 Å². The van der Waals surface area contributed by atoms with Gasteiger partial charge in [-0.2, -0.15) is 0 Å². The average molecular weight is 356 g/mol. The summed E-state index contributed by atoms with van der Waals surface area (Å²) in [7, 11) is 0. The van der Waals surface area contributed by atoms with Crippen molar-refractivity contribution in [2.45, 2.75) is 25.4 Å². The maximum absolute atomic E-state index is 5.67. The van der Waals surface area contributed by atoms with E-state index < -0.39 is 0 Å². The molecule has 132 valence electrons. The van der Waals surface area contributed by atoms with Crippen LogP contribution in [-0.2, 0) is 6.54 Å². The van der Waals surface area contributed by atoms with Crippen molar-refractivity contribution in [3.8, 4) is 0 Å². The van der Waals surface area contributed by atoms with E-state index >= 15 is 0 Å². The number of nitrogens with two attached hydrogens (primary N) is 1. The van der Waals surface area contributed by atoms with Gasteiger partial charge in [0.1, 0.15) is 0 Å². The Kier molecular flexibility index (Phi) is 4.96. The molecule has 0 amide bonds. The molecule has 0 atom stereocenters. The second-order valence-electron chi connectivity index (χ2n) is 6.54. The van der Waals surface area contributed by atoms with Gasteiger partial charge in [0.25, 0.3) is 0 Å². The van der Waals surface area contributed by atoms with E-state index in [1.165, 1.54) is 0 Å². The highest BCUT2D eigenvalue weighted by atomic mass is 32.1. The number of nitrogens with one attached hydrogen (secondary N) is 1. The lowest BCUT2D eigenvalue weighted by Gasteiger charge is -2.32. The normalized spacial score (nSPS) is 16.5. The number of fused-ring (bicyclic) bond motifs is 1. The molecule has 2 aromatic heterocycles. The second kappa shape index (κ2) is 7.51. The molecular formula is C18H24N6S. The highest BCUT2D eigenvalue weighted by Crippen LogP contribution is 2.23. The molecule has 0 bridgehead atoms. The zero-order valence-corrected chi connectivity index (χ0v) is 15.1. The number of nitrogens with zero attached hydrogens (tertiary/aromatic N) is 4. The number of hydrogen-bond donors (Lipinski definition) is 2. The largest absolute Gasteiger partial charge is 0.353 e. The summed E-state index contributed by atoms with van der Waals surface area (Å²) in [5.74, 6) is 0.950. The summed E-state index contributed by atoms with van der Waals surface area (Å²) < 4.78 is 2.25. The van der Waals surface area contributed by atoms with Crippen LogP contribution in [-0.4, -0.2) is 51.7 Å². The SMILES string of the molecule is NCCN1CCC(Nc2nc3ccccc3n2Cc2cscn2)CC1. The Morgan fingerprint density at radius 2 is 2.08 bits per heavy atom. The zero-order valence-electron chi connectivity index (χ0n) is 14.3. The Bertz CT molecular complexity index is 804. The topological polar surface area (TPSA) is 72.0 Å². The van der Waals surface area contributed by atoms with Gasteiger partial charge in [0.15, 0.2) is 0 Å². The zero-order chi connectivity index (χ0) is 17.1. The van der Waals surface area contributed by atoms with Gasteiger partial charge in [-0.05, 0) is 25.0 Å². The van der Waals surface area contributed by atoms with E-state index in [0.29, 0.717) is 6.04 Å². The summed E-state index contributed by atoms with van der Waals surface area (Å²) in [6.07, 6.45) is 2.25. The number of rotatable bonds is 6. The minimum absolute atomic E-state index is 0.458. The predicted octanol–water partition coefficient (Wildman–Crippen LogP) is 2.38. The molecule has 7 heteroatoms. The van der Waals surface area contributed by atoms with Gasteiger partial charge in [0, 0.05) is 37.6 Å². The standard InChI is InChI=1S/C18H24N6S/c19-7-10-23-8-5-14(6-9-23)21-18-22-16-3-1-2-4-17(16)24(18)11-15-12-25-13-20-15/h1-4,12-14H,5-11,19H2,(H,21,22). The number of aromatic nitrogens is 3. The van der Waals surface area contributed by atoms with E-state index in [2.05, 4.69) is 43.3 Å². The lowest BCUT2D eigenvalue weighted by molar-refractivity contribution is 0.224. The smallest absolute Gasteiger partial charge is 0.204 e. The monoisotopic (exact) mass is 356 g/mol. The summed E-state index contributed by atoms with van der Waals surface area (Å²) in [5.41, 5.74) is 10.8. The Morgan fingerprint density at radius 1 is 1.24 bits per heavy atom. The molecule has 3 aromatic rings. The minimum atomic E-state index is 0.458. The number of thiazole rings is 1. The Hall–Kier alpha value is -1.96. The third kappa shape index (κ3) is 3.68. The van der Waals surface area contributed by atoms with Crippen molar-refractivity contribution in [3.63, 3.8) is 0 Å². The van der Waals surface area contributed by atoms with E-state index in [0.717, 1.165) is 68.2 Å². The lowest BCUT2D eigenvalue weighted by Crippen LogP contribution is -2.41. The first kappa shape index (κ1) is 16.5. The molecule has 1 aliphatic rings. The number of benzene rings is 1. The number of likely N-dealkylation sites (tertiary alicyclic amines) is 1. The first-order valence-corrected chi connectivity index (χ1v) is 9.79. The van der Waals surface area contributed by atoms with E-state index in [9.17, 15) is 0 Å². The fourth-order valence-electron chi connectivity index (χ4n) is 3.49. The molecule has 3 heterocycles. The Morgan fingerprint density at radius 3 is 2.84 bits per heavy atom. The Balaban J connectivity index is 1.54. The van der Waals surface area contributed by atoms with Crippen molar-refractivity contribution >= 4 is 28.3 Å². The van der Waals surface area contributed by atoms with E-state index in [4.69, 9.17) is 10.7 Å². The fourth-order valence-corrected chi connectivity index (χ4v) is 4.04. The molecule has 3 N–H and O–H groups in total. The van der Waals surface area contributed by atoms with Crippen LogP contribution in [0.15, 0.2) is 35.2 Å². The van der Waals surface area contributed by atoms with Crippen molar-refractivity contribution in [2.24, 2.45) is 5.73 Å². The van der Waals surface area contributed by atoms with Gasteiger partial charge in [-0.3, -0.25) is 0 Å².